The second-order valence-electron chi connectivity index (χ2n) is 10.5. The van der Waals surface area contributed by atoms with Crippen LogP contribution in [0, 0.1) is 29.5 Å². The lowest BCUT2D eigenvalue weighted by Crippen LogP contribution is -2.51. The number of benzene rings is 1. The summed E-state index contributed by atoms with van der Waals surface area (Å²) in [6, 6.07) is 9.82. The number of aliphatic hydroxyl groups is 1. The Bertz CT molecular complexity index is 1290. The lowest BCUT2D eigenvalue weighted by Gasteiger charge is -2.48. The number of alkyl carbamates (subject to hydrolysis) is 1. The van der Waals surface area contributed by atoms with Gasteiger partial charge < -0.3 is 15.2 Å². The van der Waals surface area contributed by atoms with E-state index in [-0.39, 0.29) is 41.6 Å². The van der Waals surface area contributed by atoms with Gasteiger partial charge in [0.15, 0.2) is 0 Å². The van der Waals surface area contributed by atoms with Gasteiger partial charge in [-0.15, -0.1) is 0 Å². The minimum Gasteiger partial charge on any atom is -0.450 e. The van der Waals surface area contributed by atoms with Crippen LogP contribution in [-0.4, -0.2) is 55.1 Å². The average Bonchev–Trinajstić information content (AvgIpc) is 3.15. The third-order valence-electron chi connectivity index (χ3n) is 8.36. The topological polar surface area (TPSA) is 118 Å². The van der Waals surface area contributed by atoms with Gasteiger partial charge in [-0.2, -0.15) is 0 Å². The molecule has 5 rings (SSSR count). The van der Waals surface area contributed by atoms with Crippen LogP contribution in [0.5, 0.6) is 0 Å². The summed E-state index contributed by atoms with van der Waals surface area (Å²) < 4.78 is 47.2. The number of carbonyl (C=O) groups is 1. The van der Waals surface area contributed by atoms with Gasteiger partial charge in [0.25, 0.3) is 0 Å². The quantitative estimate of drug-likeness (QED) is 0.511. The maximum absolute atomic E-state index is 13.6. The van der Waals surface area contributed by atoms with Crippen LogP contribution in [-0.2, 0) is 14.8 Å². The van der Waals surface area contributed by atoms with E-state index in [1.54, 1.807) is 19.2 Å². The fourth-order valence-electron chi connectivity index (χ4n) is 6.75. The third-order valence-corrected chi connectivity index (χ3v) is 10.2. The Kier molecular flexibility index (Phi) is 7.83. The maximum atomic E-state index is 13.6. The number of fused-ring (bicyclic) bond motifs is 2. The van der Waals surface area contributed by atoms with E-state index in [1.807, 2.05) is 24.3 Å². The summed E-state index contributed by atoms with van der Waals surface area (Å²) in [7, 11) is -3.63. The number of amides is 1. The highest BCUT2D eigenvalue weighted by molar-refractivity contribution is 7.90. The van der Waals surface area contributed by atoms with Gasteiger partial charge in [-0.1, -0.05) is 24.3 Å². The molecule has 1 aliphatic heterocycles. The maximum Gasteiger partial charge on any atom is 0.407 e. The molecule has 2 aromatic rings. The van der Waals surface area contributed by atoms with Gasteiger partial charge >= 0.3 is 6.09 Å². The molecule has 2 saturated carbocycles. The Morgan fingerprint density at radius 1 is 1.24 bits per heavy atom. The predicted molar refractivity (Wildman–Crippen MR) is 142 cm³/mol. The molecule has 1 saturated heterocycles. The van der Waals surface area contributed by atoms with Gasteiger partial charge in [-0.05, 0) is 80.2 Å². The first-order valence-electron chi connectivity index (χ1n) is 13.2. The molecule has 10 heteroatoms. The Morgan fingerprint density at radius 2 is 2.08 bits per heavy atom. The van der Waals surface area contributed by atoms with E-state index in [4.69, 9.17) is 4.74 Å². The van der Waals surface area contributed by atoms with Crippen LogP contribution < -0.4 is 10.0 Å². The van der Waals surface area contributed by atoms with Gasteiger partial charge in [0.05, 0.1) is 18.9 Å². The van der Waals surface area contributed by atoms with E-state index in [0.717, 1.165) is 36.1 Å². The van der Waals surface area contributed by atoms with Crippen molar-refractivity contribution in [3.05, 3.63) is 60.2 Å². The lowest BCUT2D eigenvalue weighted by molar-refractivity contribution is 0.0466. The fraction of sp³-hybridized carbons (Fsp3) is 0.500. The standard InChI is InChI=1S/C28H34FN3O5S/c1-2-37-28(34)31-22-9-10-23-19(13-22)14-25-27(26(16-33)38(35,36)32-25)24(23)11-8-21-7-6-18(15-30-21)17-4-3-5-20(29)12-17/h3-8,11-12,15,19,22-27,32-33H,2,9-10,13-14,16H2,1H3,(H,31,34)/b11-8+/t19-,22-,23+,24-,25+,26+,27-/m0/s1. The van der Waals surface area contributed by atoms with Crippen molar-refractivity contribution in [1.29, 1.82) is 0 Å². The van der Waals surface area contributed by atoms with Gasteiger partial charge in [0.1, 0.15) is 11.1 Å². The van der Waals surface area contributed by atoms with Crippen molar-refractivity contribution in [2.24, 2.45) is 23.7 Å². The molecule has 1 aromatic heterocycles. The number of carbonyl (C=O) groups excluding carboxylic acids is 1. The highest BCUT2D eigenvalue weighted by atomic mass is 32.2. The lowest BCUT2D eigenvalue weighted by atomic mass is 9.58. The zero-order chi connectivity index (χ0) is 26.9. The van der Waals surface area contributed by atoms with Crippen molar-refractivity contribution >= 4 is 22.2 Å². The Labute approximate surface area is 222 Å². The first kappa shape index (κ1) is 26.8. The molecule has 1 aromatic carbocycles. The van der Waals surface area contributed by atoms with E-state index in [9.17, 15) is 22.7 Å². The third kappa shape index (κ3) is 5.48. The molecule has 0 bridgehead atoms. The van der Waals surface area contributed by atoms with Crippen molar-refractivity contribution in [2.45, 2.75) is 49.9 Å². The molecule has 38 heavy (non-hydrogen) atoms. The first-order chi connectivity index (χ1) is 18.3. The number of hydrogen-bond donors (Lipinski definition) is 3. The molecule has 1 amide bonds. The van der Waals surface area contributed by atoms with Gasteiger partial charge in [-0.25, -0.2) is 22.3 Å². The zero-order valence-corrected chi connectivity index (χ0v) is 22.1. The molecule has 0 unspecified atom stereocenters. The SMILES string of the molecule is CCOC(=O)N[C@H]1CC[C@@H]2[C@@H](C1)C[C@H]1NS(=O)(=O)[C@H](CO)[C@H]1[C@H]2/C=C/c1ccc(-c2cccc(F)c2)cn1. The van der Waals surface area contributed by atoms with Gasteiger partial charge in [0, 0.05) is 29.8 Å². The Balaban J connectivity index is 1.38. The number of ether oxygens (including phenoxy) is 1. The molecular weight excluding hydrogens is 509 g/mol. The molecule has 0 spiro atoms. The second kappa shape index (κ2) is 11.1. The van der Waals surface area contributed by atoms with Crippen molar-refractivity contribution in [3.63, 3.8) is 0 Å². The number of hydrogen-bond acceptors (Lipinski definition) is 6. The summed E-state index contributed by atoms with van der Waals surface area (Å²) in [5.41, 5.74) is 2.27. The number of nitrogens with one attached hydrogen (secondary N) is 2. The number of aliphatic hydroxyl groups excluding tert-OH is 1. The van der Waals surface area contributed by atoms with E-state index in [2.05, 4.69) is 21.1 Å². The molecule has 0 radical (unpaired) electrons. The molecule has 8 nitrogen and oxygen atoms in total. The molecule has 7 atom stereocenters. The highest BCUT2D eigenvalue weighted by Gasteiger charge is 2.56. The molecule has 3 fully saturated rings. The molecular formula is C28H34FN3O5S. The number of allylic oxidation sites excluding steroid dienone is 1. The minimum absolute atomic E-state index is 0.0137. The number of aromatic nitrogens is 1. The van der Waals surface area contributed by atoms with Crippen molar-refractivity contribution < 1.29 is 27.4 Å². The van der Waals surface area contributed by atoms with Crippen molar-refractivity contribution in [3.8, 4) is 11.1 Å². The molecule has 3 aliphatic rings. The van der Waals surface area contributed by atoms with Crippen LogP contribution in [0.4, 0.5) is 9.18 Å². The van der Waals surface area contributed by atoms with E-state index in [1.165, 1.54) is 12.1 Å². The molecule has 2 aliphatic carbocycles. The summed E-state index contributed by atoms with van der Waals surface area (Å²) in [5, 5.41) is 12.1. The zero-order valence-electron chi connectivity index (χ0n) is 21.3. The second-order valence-corrected chi connectivity index (χ2v) is 12.5. The number of pyridine rings is 1. The average molecular weight is 544 g/mol. The van der Waals surface area contributed by atoms with Crippen LogP contribution >= 0.6 is 0 Å². The number of rotatable bonds is 6. The van der Waals surface area contributed by atoms with Gasteiger partial charge in [-0.3, -0.25) is 4.98 Å². The van der Waals surface area contributed by atoms with Gasteiger partial charge in [0.2, 0.25) is 10.0 Å². The van der Waals surface area contributed by atoms with E-state index < -0.39 is 28.0 Å². The highest BCUT2D eigenvalue weighted by Crippen LogP contribution is 2.51. The summed E-state index contributed by atoms with van der Waals surface area (Å²) >= 11 is 0. The van der Waals surface area contributed by atoms with Crippen molar-refractivity contribution in [1.82, 2.24) is 15.0 Å². The van der Waals surface area contributed by atoms with Crippen LogP contribution in [0.2, 0.25) is 0 Å². The van der Waals surface area contributed by atoms with Crippen LogP contribution in [0.3, 0.4) is 0 Å². The Morgan fingerprint density at radius 3 is 2.79 bits per heavy atom. The first-order valence-corrected chi connectivity index (χ1v) is 14.8. The number of nitrogens with zero attached hydrogens (tertiary/aromatic N) is 1. The number of sulfonamides is 1. The smallest absolute Gasteiger partial charge is 0.407 e. The predicted octanol–water partition coefficient (Wildman–Crippen LogP) is 3.73. The normalized spacial score (nSPS) is 31.9. The molecule has 2 heterocycles. The monoisotopic (exact) mass is 543 g/mol. The Hall–Kier alpha value is -2.82. The minimum atomic E-state index is -3.63. The molecule has 204 valence electrons. The fourth-order valence-corrected chi connectivity index (χ4v) is 8.59. The van der Waals surface area contributed by atoms with Crippen LogP contribution in [0.25, 0.3) is 17.2 Å². The number of halogens is 1. The summed E-state index contributed by atoms with van der Waals surface area (Å²) in [5.74, 6) is -0.185. The van der Waals surface area contributed by atoms with Crippen molar-refractivity contribution in [2.75, 3.05) is 13.2 Å². The summed E-state index contributed by atoms with van der Waals surface area (Å²) in [6.07, 6.45) is 8.31. The van der Waals surface area contributed by atoms with E-state index >= 15 is 0 Å². The summed E-state index contributed by atoms with van der Waals surface area (Å²) in [4.78, 5) is 16.5. The van der Waals surface area contributed by atoms with Crippen LogP contribution in [0.1, 0.15) is 38.3 Å². The molecule has 3 N–H and O–H groups in total. The summed E-state index contributed by atoms with van der Waals surface area (Å²) in [6.45, 7) is 1.65. The van der Waals surface area contributed by atoms with Crippen LogP contribution in [0.15, 0.2) is 48.7 Å². The largest absolute Gasteiger partial charge is 0.450 e. The van der Waals surface area contributed by atoms with E-state index in [0.29, 0.717) is 13.0 Å².